The number of hydrogen-bond acceptors (Lipinski definition) is 6. The fourth-order valence-electron chi connectivity index (χ4n) is 2.47. The van der Waals surface area contributed by atoms with Gasteiger partial charge in [-0.05, 0) is 43.2 Å². The Labute approximate surface area is 144 Å². The highest BCUT2D eigenvalue weighted by atomic mass is 16.5. The van der Waals surface area contributed by atoms with Gasteiger partial charge in [-0.15, -0.1) is 10.2 Å². The minimum atomic E-state index is -0.439. The van der Waals surface area contributed by atoms with E-state index >= 15 is 0 Å². The molecule has 0 saturated carbocycles. The molecular formula is C18H18N4O3. The van der Waals surface area contributed by atoms with Crippen LogP contribution in [0.25, 0.3) is 5.65 Å². The molecule has 0 aliphatic rings. The van der Waals surface area contributed by atoms with Gasteiger partial charge in [0.1, 0.15) is 0 Å². The van der Waals surface area contributed by atoms with E-state index in [0.29, 0.717) is 17.2 Å². The maximum atomic E-state index is 11.7. The zero-order valence-corrected chi connectivity index (χ0v) is 14.2. The number of fused-ring (bicyclic) bond motifs is 1. The standard InChI is InChI=1S/C18H18N4O3/c1-11-6-4-7-13(12(11)2)20-21-17-14(10-16(24)25-3)19-18-15(23)8-5-9-22(17)18/h4-9,23H,10H2,1-3H3. The van der Waals surface area contributed by atoms with E-state index in [2.05, 4.69) is 15.2 Å². The van der Waals surface area contributed by atoms with Crippen molar-refractivity contribution in [2.24, 2.45) is 10.2 Å². The predicted octanol–water partition coefficient (Wildman–Crippen LogP) is 3.79. The predicted molar refractivity (Wildman–Crippen MR) is 92.7 cm³/mol. The van der Waals surface area contributed by atoms with Gasteiger partial charge in [-0.2, -0.15) is 0 Å². The summed E-state index contributed by atoms with van der Waals surface area (Å²) in [5.41, 5.74) is 3.58. The molecule has 0 amide bonds. The summed E-state index contributed by atoms with van der Waals surface area (Å²) in [6.07, 6.45) is 1.65. The number of rotatable bonds is 4. The molecular weight excluding hydrogens is 320 g/mol. The fourth-order valence-corrected chi connectivity index (χ4v) is 2.47. The molecule has 1 N–H and O–H groups in total. The molecule has 1 aromatic carbocycles. The molecule has 2 heterocycles. The van der Waals surface area contributed by atoms with E-state index in [-0.39, 0.29) is 12.2 Å². The average Bonchev–Trinajstić information content (AvgIpc) is 2.95. The molecule has 7 nitrogen and oxygen atoms in total. The van der Waals surface area contributed by atoms with Gasteiger partial charge < -0.3 is 9.84 Å². The first kappa shape index (κ1) is 16.6. The van der Waals surface area contributed by atoms with Crippen LogP contribution in [0.2, 0.25) is 0 Å². The van der Waals surface area contributed by atoms with Crippen molar-refractivity contribution in [3.05, 3.63) is 53.3 Å². The highest BCUT2D eigenvalue weighted by Crippen LogP contribution is 2.29. The number of benzene rings is 1. The molecule has 0 spiro atoms. The van der Waals surface area contributed by atoms with Crippen LogP contribution in [0.15, 0.2) is 46.8 Å². The number of esters is 1. The molecule has 0 radical (unpaired) electrons. The summed E-state index contributed by atoms with van der Waals surface area (Å²) in [5.74, 6) is -0.0508. The first-order valence-electron chi connectivity index (χ1n) is 7.75. The molecule has 2 aromatic heterocycles. The summed E-state index contributed by atoms with van der Waals surface area (Å²) < 4.78 is 6.31. The number of pyridine rings is 1. The van der Waals surface area contributed by atoms with Crippen LogP contribution in [0.4, 0.5) is 11.5 Å². The summed E-state index contributed by atoms with van der Waals surface area (Å²) in [6, 6.07) is 8.97. The summed E-state index contributed by atoms with van der Waals surface area (Å²) in [7, 11) is 1.31. The Hall–Kier alpha value is -3.22. The van der Waals surface area contributed by atoms with Crippen molar-refractivity contribution in [3.63, 3.8) is 0 Å². The number of nitrogens with zero attached hydrogens (tertiary/aromatic N) is 4. The number of imidazole rings is 1. The van der Waals surface area contributed by atoms with Crippen molar-refractivity contribution in [3.8, 4) is 5.75 Å². The van der Waals surface area contributed by atoms with Crippen molar-refractivity contribution >= 4 is 23.1 Å². The number of aromatic hydroxyl groups is 1. The highest BCUT2D eigenvalue weighted by Gasteiger charge is 2.17. The van der Waals surface area contributed by atoms with Gasteiger partial charge in [0.2, 0.25) is 0 Å². The van der Waals surface area contributed by atoms with Crippen LogP contribution in [0, 0.1) is 13.8 Å². The molecule has 7 heteroatoms. The van der Waals surface area contributed by atoms with E-state index in [1.54, 1.807) is 16.7 Å². The quantitative estimate of drug-likeness (QED) is 0.579. The van der Waals surface area contributed by atoms with E-state index < -0.39 is 5.97 Å². The molecule has 0 unspecified atom stereocenters. The maximum Gasteiger partial charge on any atom is 0.311 e. The second kappa shape index (κ2) is 6.72. The minimum Gasteiger partial charge on any atom is -0.504 e. The van der Waals surface area contributed by atoms with Crippen LogP contribution in [-0.4, -0.2) is 27.6 Å². The number of methoxy groups -OCH3 is 1. The van der Waals surface area contributed by atoms with Crippen LogP contribution in [0.3, 0.4) is 0 Å². The van der Waals surface area contributed by atoms with Crippen molar-refractivity contribution in [2.75, 3.05) is 7.11 Å². The summed E-state index contributed by atoms with van der Waals surface area (Å²) in [6.45, 7) is 3.97. The summed E-state index contributed by atoms with van der Waals surface area (Å²) in [4.78, 5) is 16.0. The van der Waals surface area contributed by atoms with Crippen LogP contribution >= 0.6 is 0 Å². The fraction of sp³-hybridized carbons (Fsp3) is 0.222. The lowest BCUT2D eigenvalue weighted by molar-refractivity contribution is -0.139. The van der Waals surface area contributed by atoms with Crippen LogP contribution in [-0.2, 0) is 16.0 Å². The number of carbonyl (C=O) groups is 1. The van der Waals surface area contributed by atoms with Gasteiger partial charge in [0, 0.05) is 6.20 Å². The third-order valence-corrected chi connectivity index (χ3v) is 4.04. The first-order valence-corrected chi connectivity index (χ1v) is 7.75. The summed E-state index contributed by atoms with van der Waals surface area (Å²) >= 11 is 0. The molecule has 0 bridgehead atoms. The Morgan fingerprint density at radius 3 is 2.80 bits per heavy atom. The van der Waals surface area contributed by atoms with Crippen molar-refractivity contribution in [1.82, 2.24) is 9.38 Å². The monoisotopic (exact) mass is 338 g/mol. The number of azo groups is 1. The Morgan fingerprint density at radius 1 is 1.24 bits per heavy atom. The lowest BCUT2D eigenvalue weighted by Gasteiger charge is -2.03. The van der Waals surface area contributed by atoms with Gasteiger partial charge in [-0.1, -0.05) is 12.1 Å². The van der Waals surface area contributed by atoms with Crippen LogP contribution in [0.5, 0.6) is 5.75 Å². The highest BCUT2D eigenvalue weighted by molar-refractivity contribution is 5.75. The smallest absolute Gasteiger partial charge is 0.311 e. The largest absolute Gasteiger partial charge is 0.504 e. The average molecular weight is 338 g/mol. The molecule has 0 saturated heterocycles. The van der Waals surface area contributed by atoms with Gasteiger partial charge in [0.05, 0.1) is 24.9 Å². The van der Waals surface area contributed by atoms with Gasteiger partial charge in [0.15, 0.2) is 17.2 Å². The van der Waals surface area contributed by atoms with E-state index in [4.69, 9.17) is 4.74 Å². The SMILES string of the molecule is COC(=O)Cc1nc2c(O)cccn2c1N=Nc1cccc(C)c1C. The Balaban J connectivity index is 2.11. The number of ether oxygens (including phenoxy) is 1. The molecule has 25 heavy (non-hydrogen) atoms. The zero-order chi connectivity index (χ0) is 18.0. The van der Waals surface area contributed by atoms with Gasteiger partial charge in [0.25, 0.3) is 0 Å². The molecule has 0 fully saturated rings. The van der Waals surface area contributed by atoms with Gasteiger partial charge in [-0.3, -0.25) is 9.20 Å². The normalized spacial score (nSPS) is 11.3. The minimum absolute atomic E-state index is 0.00167. The third-order valence-electron chi connectivity index (χ3n) is 4.04. The number of hydrogen-bond donors (Lipinski definition) is 1. The Kier molecular flexibility index (Phi) is 4.47. The molecule has 0 atom stereocenters. The molecule has 0 aliphatic carbocycles. The Morgan fingerprint density at radius 2 is 2.04 bits per heavy atom. The molecule has 3 rings (SSSR count). The lowest BCUT2D eigenvalue weighted by atomic mass is 10.1. The zero-order valence-electron chi connectivity index (χ0n) is 14.2. The van der Waals surface area contributed by atoms with E-state index in [1.165, 1.54) is 13.2 Å². The second-order valence-corrected chi connectivity index (χ2v) is 5.64. The lowest BCUT2D eigenvalue weighted by Crippen LogP contribution is -2.04. The molecule has 128 valence electrons. The maximum absolute atomic E-state index is 11.7. The first-order chi connectivity index (χ1) is 12.0. The number of carbonyl (C=O) groups excluding carboxylic acids is 1. The van der Waals surface area contributed by atoms with Crippen LogP contribution in [0.1, 0.15) is 16.8 Å². The van der Waals surface area contributed by atoms with Crippen molar-refractivity contribution < 1.29 is 14.6 Å². The van der Waals surface area contributed by atoms with Crippen molar-refractivity contribution in [2.45, 2.75) is 20.3 Å². The van der Waals surface area contributed by atoms with E-state index in [0.717, 1.165) is 16.8 Å². The summed E-state index contributed by atoms with van der Waals surface area (Å²) in [5, 5.41) is 18.6. The second-order valence-electron chi connectivity index (χ2n) is 5.64. The number of aromatic nitrogens is 2. The molecule has 3 aromatic rings. The van der Waals surface area contributed by atoms with Crippen molar-refractivity contribution in [1.29, 1.82) is 0 Å². The van der Waals surface area contributed by atoms with Crippen LogP contribution < -0.4 is 0 Å². The number of aryl methyl sites for hydroxylation is 1. The van der Waals surface area contributed by atoms with E-state index in [1.807, 2.05) is 32.0 Å². The Bertz CT molecular complexity index is 976. The van der Waals surface area contributed by atoms with Gasteiger partial charge in [-0.25, -0.2) is 4.98 Å². The van der Waals surface area contributed by atoms with E-state index in [9.17, 15) is 9.90 Å². The third kappa shape index (κ3) is 3.21. The molecule has 0 aliphatic heterocycles. The topological polar surface area (TPSA) is 88.5 Å². The van der Waals surface area contributed by atoms with Gasteiger partial charge >= 0.3 is 5.97 Å².